The van der Waals surface area contributed by atoms with Crippen LogP contribution in [0.5, 0.6) is 0 Å². The molecule has 9 heteroatoms. The maximum atomic E-state index is 13.0. The summed E-state index contributed by atoms with van der Waals surface area (Å²) >= 11 is 2.79. The van der Waals surface area contributed by atoms with E-state index in [4.69, 9.17) is 0 Å². The van der Waals surface area contributed by atoms with Gasteiger partial charge in [0.2, 0.25) is 5.91 Å². The van der Waals surface area contributed by atoms with Crippen molar-refractivity contribution in [3.8, 4) is 0 Å². The molecule has 7 nitrogen and oxygen atoms in total. The first-order valence-corrected chi connectivity index (χ1v) is 11.6. The van der Waals surface area contributed by atoms with E-state index in [1.165, 1.54) is 22.2 Å². The van der Waals surface area contributed by atoms with E-state index in [2.05, 4.69) is 15.6 Å². The van der Waals surface area contributed by atoms with Crippen LogP contribution in [-0.2, 0) is 24.2 Å². The van der Waals surface area contributed by atoms with Gasteiger partial charge in [0.1, 0.15) is 4.83 Å². The lowest BCUT2D eigenvalue weighted by atomic mass is 9.97. The van der Waals surface area contributed by atoms with Gasteiger partial charge in [0.25, 0.3) is 5.56 Å². The highest BCUT2D eigenvalue weighted by Crippen LogP contribution is 2.34. The van der Waals surface area contributed by atoms with Crippen LogP contribution in [0.25, 0.3) is 10.2 Å². The summed E-state index contributed by atoms with van der Waals surface area (Å²) in [5.74, 6) is -0.369. The highest BCUT2D eigenvalue weighted by molar-refractivity contribution is 7.99. The average Bonchev–Trinajstić information content (AvgIpc) is 3.05. The van der Waals surface area contributed by atoms with Gasteiger partial charge in [-0.3, -0.25) is 19.5 Å². The zero-order valence-corrected chi connectivity index (χ0v) is 17.9. The van der Waals surface area contributed by atoms with Gasteiger partial charge >= 0.3 is 6.03 Å². The predicted octanol–water partition coefficient (Wildman–Crippen LogP) is 3.07. The first-order valence-electron chi connectivity index (χ1n) is 9.80. The number of nitrogens with one attached hydrogen (secondary N) is 2. The van der Waals surface area contributed by atoms with Gasteiger partial charge in [0.05, 0.1) is 11.1 Å². The normalized spacial score (nSPS) is 13.4. The van der Waals surface area contributed by atoms with Crippen molar-refractivity contribution in [1.82, 2.24) is 20.2 Å². The van der Waals surface area contributed by atoms with Crippen molar-refractivity contribution in [2.24, 2.45) is 0 Å². The highest BCUT2D eigenvalue weighted by atomic mass is 32.2. The van der Waals surface area contributed by atoms with E-state index in [-0.39, 0.29) is 11.3 Å². The molecule has 3 amide bonds. The van der Waals surface area contributed by atoms with Crippen LogP contribution in [0, 0.1) is 0 Å². The molecule has 2 heterocycles. The molecule has 2 N–H and O–H groups in total. The number of carbonyl (C=O) groups excluding carboxylic acids is 2. The summed E-state index contributed by atoms with van der Waals surface area (Å²) < 4.78 is 1.63. The minimum Gasteiger partial charge on any atom is -0.338 e. The number of amides is 3. The van der Waals surface area contributed by atoms with Crippen molar-refractivity contribution in [2.45, 2.75) is 64.1 Å². The van der Waals surface area contributed by atoms with Crippen molar-refractivity contribution < 1.29 is 9.59 Å². The summed E-state index contributed by atoms with van der Waals surface area (Å²) in [6.45, 7) is 4.97. The van der Waals surface area contributed by atoms with Crippen LogP contribution >= 0.6 is 23.1 Å². The number of urea groups is 1. The molecule has 0 fully saturated rings. The number of nitrogens with zero attached hydrogens (tertiary/aromatic N) is 2. The number of carbonyl (C=O) groups is 2. The molecule has 0 unspecified atom stereocenters. The Kier molecular flexibility index (Phi) is 7.12. The summed E-state index contributed by atoms with van der Waals surface area (Å²) in [6.07, 6.45) is 6.07. The Morgan fingerprint density at radius 3 is 2.79 bits per heavy atom. The van der Waals surface area contributed by atoms with E-state index in [0.717, 1.165) is 48.7 Å². The summed E-state index contributed by atoms with van der Waals surface area (Å²) in [5.41, 5.74) is 1.15. The van der Waals surface area contributed by atoms with Gasteiger partial charge in [0, 0.05) is 18.0 Å². The number of thioether (sulfide) groups is 1. The number of unbranched alkanes of at least 4 members (excludes halogenated alkanes) is 1. The molecule has 0 atom stereocenters. The monoisotopic (exact) mass is 422 g/mol. The van der Waals surface area contributed by atoms with Crippen LogP contribution < -0.4 is 16.2 Å². The van der Waals surface area contributed by atoms with E-state index in [0.29, 0.717) is 18.2 Å². The molecule has 1 aliphatic rings. The minimum atomic E-state index is -0.485. The van der Waals surface area contributed by atoms with Gasteiger partial charge in [-0.2, -0.15) is 0 Å². The number of hydrogen-bond acceptors (Lipinski definition) is 6. The van der Waals surface area contributed by atoms with Crippen LogP contribution in [0.2, 0.25) is 0 Å². The molecule has 0 radical (unpaired) electrons. The molecule has 0 saturated heterocycles. The lowest BCUT2D eigenvalue weighted by Gasteiger charge is -2.12. The third-order valence-corrected chi connectivity index (χ3v) is 6.92. The number of hydrogen-bond donors (Lipinski definition) is 2. The molecule has 3 rings (SSSR count). The molecule has 0 aromatic carbocycles. The molecule has 1 aliphatic carbocycles. The van der Waals surface area contributed by atoms with Crippen molar-refractivity contribution in [3.05, 3.63) is 20.8 Å². The molecule has 0 saturated carbocycles. The molecular formula is C19H26N4O3S2. The standard InChI is InChI=1S/C19H26N4O3S2/c1-3-5-10-20-18(26)21-14(24)11-27-19-22-16-15(17(25)23(19)4-2)12-8-6-7-9-13(12)28-16/h3-11H2,1-2H3,(H2,20,21,24,26). The van der Waals surface area contributed by atoms with E-state index in [9.17, 15) is 14.4 Å². The molecule has 152 valence electrons. The number of aromatic nitrogens is 2. The largest absolute Gasteiger partial charge is 0.338 e. The fourth-order valence-corrected chi connectivity index (χ4v) is 5.49. The molecular weight excluding hydrogens is 396 g/mol. The van der Waals surface area contributed by atoms with Gasteiger partial charge in [0.15, 0.2) is 5.16 Å². The quantitative estimate of drug-likeness (QED) is 0.406. The number of thiophene rings is 1. The van der Waals surface area contributed by atoms with E-state index >= 15 is 0 Å². The first-order chi connectivity index (χ1) is 13.5. The Balaban J connectivity index is 1.73. The summed E-state index contributed by atoms with van der Waals surface area (Å²) in [6, 6.07) is -0.485. The predicted molar refractivity (Wildman–Crippen MR) is 113 cm³/mol. The molecule has 2 aromatic heterocycles. The maximum absolute atomic E-state index is 13.0. The third kappa shape index (κ3) is 4.57. The van der Waals surface area contributed by atoms with Crippen molar-refractivity contribution in [3.63, 3.8) is 0 Å². The van der Waals surface area contributed by atoms with Crippen LogP contribution in [0.4, 0.5) is 4.79 Å². The van der Waals surface area contributed by atoms with Crippen LogP contribution in [0.3, 0.4) is 0 Å². The second-order valence-corrected chi connectivity index (χ2v) is 8.81. The summed E-state index contributed by atoms with van der Waals surface area (Å²) in [4.78, 5) is 43.5. The summed E-state index contributed by atoms with van der Waals surface area (Å²) in [7, 11) is 0. The van der Waals surface area contributed by atoms with Crippen molar-refractivity contribution in [1.29, 1.82) is 0 Å². The Morgan fingerprint density at radius 2 is 2.04 bits per heavy atom. The van der Waals surface area contributed by atoms with E-state index < -0.39 is 11.9 Å². The molecule has 0 spiro atoms. The first kappa shape index (κ1) is 20.9. The number of imide groups is 1. The highest BCUT2D eigenvalue weighted by Gasteiger charge is 2.22. The van der Waals surface area contributed by atoms with Crippen LogP contribution in [-0.4, -0.2) is 33.8 Å². The van der Waals surface area contributed by atoms with Gasteiger partial charge in [-0.15, -0.1) is 11.3 Å². The zero-order valence-electron chi connectivity index (χ0n) is 16.3. The fourth-order valence-electron chi connectivity index (χ4n) is 3.32. The van der Waals surface area contributed by atoms with Crippen molar-refractivity contribution >= 4 is 45.3 Å². The third-order valence-electron chi connectivity index (χ3n) is 4.76. The van der Waals surface area contributed by atoms with Crippen LogP contribution in [0.1, 0.15) is 50.0 Å². The number of rotatable bonds is 7. The lowest BCUT2D eigenvalue weighted by molar-refractivity contribution is -0.117. The smallest absolute Gasteiger partial charge is 0.321 e. The Labute approximate surface area is 172 Å². The Bertz CT molecular complexity index is 935. The topological polar surface area (TPSA) is 93.1 Å². The SMILES string of the molecule is CCCCNC(=O)NC(=O)CSc1nc2sc3c(c2c(=O)n1CC)CCCC3. The Hall–Kier alpha value is -1.87. The second kappa shape index (κ2) is 9.56. The fraction of sp³-hybridized carbons (Fsp3) is 0.579. The minimum absolute atomic E-state index is 0.0212. The molecule has 28 heavy (non-hydrogen) atoms. The molecule has 0 bridgehead atoms. The van der Waals surface area contributed by atoms with E-state index in [1.807, 2.05) is 13.8 Å². The zero-order chi connectivity index (χ0) is 20.1. The number of fused-ring (bicyclic) bond motifs is 3. The lowest BCUT2D eigenvalue weighted by Crippen LogP contribution is -2.40. The Morgan fingerprint density at radius 1 is 1.25 bits per heavy atom. The van der Waals surface area contributed by atoms with Gasteiger partial charge in [-0.1, -0.05) is 25.1 Å². The molecule has 2 aromatic rings. The molecule has 0 aliphatic heterocycles. The van der Waals surface area contributed by atoms with Crippen molar-refractivity contribution in [2.75, 3.05) is 12.3 Å². The average molecular weight is 423 g/mol. The number of aryl methyl sites for hydroxylation is 2. The van der Waals surface area contributed by atoms with Gasteiger partial charge in [-0.05, 0) is 44.6 Å². The second-order valence-electron chi connectivity index (χ2n) is 6.78. The maximum Gasteiger partial charge on any atom is 0.321 e. The van der Waals surface area contributed by atoms with Gasteiger partial charge < -0.3 is 5.32 Å². The van der Waals surface area contributed by atoms with Gasteiger partial charge in [-0.25, -0.2) is 9.78 Å². The summed E-state index contributed by atoms with van der Waals surface area (Å²) in [5, 5.41) is 6.25. The van der Waals surface area contributed by atoms with E-state index in [1.54, 1.807) is 15.9 Å². The van der Waals surface area contributed by atoms with Crippen LogP contribution in [0.15, 0.2) is 9.95 Å².